The fraction of sp³-hybridized carbons (Fsp3) is 0.800. The zero-order valence-electron chi connectivity index (χ0n) is 11.8. The number of imidazole rings is 1. The van der Waals surface area contributed by atoms with E-state index in [1.807, 2.05) is 12.4 Å². The van der Waals surface area contributed by atoms with Crippen LogP contribution in [0, 0.1) is 5.92 Å². The zero-order chi connectivity index (χ0) is 13.2. The lowest BCUT2D eigenvalue weighted by atomic mass is 9.80. The summed E-state index contributed by atoms with van der Waals surface area (Å²) in [6.45, 7) is 2.08. The van der Waals surface area contributed by atoms with Crippen molar-refractivity contribution in [2.24, 2.45) is 13.0 Å². The topological polar surface area (TPSA) is 41.3 Å². The first-order valence-electron chi connectivity index (χ1n) is 7.64. The lowest BCUT2D eigenvalue weighted by Gasteiger charge is -2.37. The highest BCUT2D eigenvalue weighted by Gasteiger charge is 2.37. The molecule has 2 aliphatic rings. The standard InChI is InChI=1S/C15H25N3O/c1-17-10-8-16-15(17)11-18-9-4-6-13(18)12-5-2-3-7-14(12)19/h8,10,12-14,19H,2-7,9,11H2,1H3. The van der Waals surface area contributed by atoms with Crippen molar-refractivity contribution in [1.82, 2.24) is 14.5 Å². The summed E-state index contributed by atoms with van der Waals surface area (Å²) in [4.78, 5) is 6.98. The molecule has 19 heavy (non-hydrogen) atoms. The third-order valence-corrected chi connectivity index (χ3v) is 4.96. The van der Waals surface area contributed by atoms with Crippen LogP contribution in [0.3, 0.4) is 0 Å². The molecule has 1 saturated heterocycles. The summed E-state index contributed by atoms with van der Waals surface area (Å²) in [6.07, 6.45) is 11.0. The van der Waals surface area contributed by atoms with Gasteiger partial charge in [0, 0.05) is 31.4 Å². The van der Waals surface area contributed by atoms with Gasteiger partial charge in [0.1, 0.15) is 5.82 Å². The van der Waals surface area contributed by atoms with Crippen molar-refractivity contribution in [2.45, 2.75) is 57.2 Å². The number of hydrogen-bond donors (Lipinski definition) is 1. The van der Waals surface area contributed by atoms with E-state index in [4.69, 9.17) is 0 Å². The van der Waals surface area contributed by atoms with Gasteiger partial charge in [0.15, 0.2) is 0 Å². The highest BCUT2D eigenvalue weighted by atomic mass is 16.3. The van der Waals surface area contributed by atoms with E-state index < -0.39 is 0 Å². The first-order chi connectivity index (χ1) is 9.25. The molecule has 2 heterocycles. The summed E-state index contributed by atoms with van der Waals surface area (Å²) in [7, 11) is 2.06. The molecule has 3 atom stereocenters. The van der Waals surface area contributed by atoms with Crippen molar-refractivity contribution >= 4 is 0 Å². The molecule has 3 unspecified atom stereocenters. The number of likely N-dealkylation sites (tertiary alicyclic amines) is 1. The Morgan fingerprint density at radius 3 is 2.84 bits per heavy atom. The second kappa shape index (κ2) is 5.63. The van der Waals surface area contributed by atoms with Crippen LogP contribution in [-0.2, 0) is 13.6 Å². The van der Waals surface area contributed by atoms with E-state index in [1.165, 1.54) is 32.1 Å². The average molecular weight is 263 g/mol. The molecule has 4 nitrogen and oxygen atoms in total. The van der Waals surface area contributed by atoms with Gasteiger partial charge >= 0.3 is 0 Å². The predicted octanol–water partition coefficient (Wildman–Crippen LogP) is 1.94. The van der Waals surface area contributed by atoms with Gasteiger partial charge in [0.2, 0.25) is 0 Å². The second-order valence-electron chi connectivity index (χ2n) is 6.15. The molecule has 1 aliphatic heterocycles. The molecule has 1 aromatic rings. The molecule has 1 saturated carbocycles. The second-order valence-corrected chi connectivity index (χ2v) is 6.15. The highest BCUT2D eigenvalue weighted by molar-refractivity contribution is 4.96. The largest absolute Gasteiger partial charge is 0.393 e. The molecule has 1 N–H and O–H groups in total. The van der Waals surface area contributed by atoms with Gasteiger partial charge in [-0.2, -0.15) is 0 Å². The van der Waals surface area contributed by atoms with Crippen LogP contribution in [0.25, 0.3) is 0 Å². The minimum atomic E-state index is -0.0827. The Morgan fingerprint density at radius 2 is 2.11 bits per heavy atom. The van der Waals surface area contributed by atoms with Crippen LogP contribution in [0.1, 0.15) is 44.3 Å². The van der Waals surface area contributed by atoms with Crippen LogP contribution in [0.5, 0.6) is 0 Å². The minimum Gasteiger partial charge on any atom is -0.393 e. The molecule has 1 aliphatic carbocycles. The predicted molar refractivity (Wildman–Crippen MR) is 74.6 cm³/mol. The number of aryl methyl sites for hydroxylation is 1. The zero-order valence-corrected chi connectivity index (χ0v) is 11.8. The molecule has 0 spiro atoms. The Labute approximate surface area is 115 Å². The minimum absolute atomic E-state index is 0.0827. The summed E-state index contributed by atoms with van der Waals surface area (Å²) in [5.41, 5.74) is 0. The summed E-state index contributed by atoms with van der Waals surface area (Å²) in [5, 5.41) is 10.3. The van der Waals surface area contributed by atoms with Gasteiger partial charge in [-0.25, -0.2) is 4.98 Å². The van der Waals surface area contributed by atoms with E-state index in [2.05, 4.69) is 21.5 Å². The maximum atomic E-state index is 10.3. The number of rotatable bonds is 3. The van der Waals surface area contributed by atoms with Gasteiger partial charge in [-0.3, -0.25) is 4.90 Å². The molecule has 0 aromatic carbocycles. The van der Waals surface area contributed by atoms with E-state index in [0.717, 1.165) is 25.3 Å². The number of aliphatic hydroxyl groups is 1. The van der Waals surface area contributed by atoms with Crippen LogP contribution >= 0.6 is 0 Å². The fourth-order valence-corrected chi connectivity index (χ4v) is 3.85. The summed E-state index contributed by atoms with van der Waals surface area (Å²) >= 11 is 0. The Kier molecular flexibility index (Phi) is 3.89. The van der Waals surface area contributed by atoms with Crippen LogP contribution in [-0.4, -0.2) is 38.2 Å². The first kappa shape index (κ1) is 13.1. The van der Waals surface area contributed by atoms with E-state index >= 15 is 0 Å². The maximum absolute atomic E-state index is 10.3. The summed E-state index contributed by atoms with van der Waals surface area (Å²) in [5.74, 6) is 1.62. The van der Waals surface area contributed by atoms with Crippen molar-refractivity contribution in [1.29, 1.82) is 0 Å². The fourth-order valence-electron chi connectivity index (χ4n) is 3.85. The van der Waals surface area contributed by atoms with Crippen molar-refractivity contribution in [2.75, 3.05) is 6.54 Å². The van der Waals surface area contributed by atoms with Crippen molar-refractivity contribution in [3.05, 3.63) is 18.2 Å². The molecule has 2 fully saturated rings. The van der Waals surface area contributed by atoms with Gasteiger partial charge in [0.25, 0.3) is 0 Å². The van der Waals surface area contributed by atoms with Crippen molar-refractivity contribution < 1.29 is 5.11 Å². The van der Waals surface area contributed by atoms with Gasteiger partial charge in [0.05, 0.1) is 12.6 Å². The van der Waals surface area contributed by atoms with Crippen molar-refractivity contribution in [3.63, 3.8) is 0 Å². The van der Waals surface area contributed by atoms with Gasteiger partial charge in [-0.15, -0.1) is 0 Å². The van der Waals surface area contributed by atoms with Crippen LogP contribution in [0.2, 0.25) is 0 Å². The quantitative estimate of drug-likeness (QED) is 0.906. The van der Waals surface area contributed by atoms with Gasteiger partial charge in [-0.1, -0.05) is 12.8 Å². The van der Waals surface area contributed by atoms with Crippen LogP contribution in [0.4, 0.5) is 0 Å². The lowest BCUT2D eigenvalue weighted by molar-refractivity contribution is 0.0194. The highest BCUT2D eigenvalue weighted by Crippen LogP contribution is 2.35. The Bertz CT molecular complexity index is 417. The molecule has 0 bridgehead atoms. The molecule has 0 amide bonds. The maximum Gasteiger partial charge on any atom is 0.122 e. The number of aromatic nitrogens is 2. The first-order valence-corrected chi connectivity index (χ1v) is 7.64. The third-order valence-electron chi connectivity index (χ3n) is 4.96. The number of hydrogen-bond acceptors (Lipinski definition) is 3. The average Bonchev–Trinajstić information content (AvgIpc) is 3.01. The summed E-state index contributed by atoms with van der Waals surface area (Å²) < 4.78 is 2.10. The number of aliphatic hydroxyl groups excluding tert-OH is 1. The van der Waals surface area contributed by atoms with Crippen LogP contribution < -0.4 is 0 Å². The van der Waals surface area contributed by atoms with E-state index in [-0.39, 0.29) is 6.10 Å². The van der Waals surface area contributed by atoms with E-state index in [0.29, 0.717) is 12.0 Å². The molecule has 4 heteroatoms. The molecular weight excluding hydrogens is 238 g/mol. The molecule has 1 aromatic heterocycles. The summed E-state index contributed by atoms with van der Waals surface area (Å²) in [6, 6.07) is 0.562. The molecule has 0 radical (unpaired) electrons. The molecule has 106 valence electrons. The third kappa shape index (κ3) is 2.70. The lowest BCUT2D eigenvalue weighted by Crippen LogP contribution is -2.42. The Morgan fingerprint density at radius 1 is 1.26 bits per heavy atom. The Balaban J connectivity index is 1.69. The van der Waals surface area contributed by atoms with Crippen molar-refractivity contribution in [3.8, 4) is 0 Å². The Hall–Kier alpha value is -0.870. The van der Waals surface area contributed by atoms with Gasteiger partial charge in [-0.05, 0) is 32.2 Å². The smallest absolute Gasteiger partial charge is 0.122 e. The molecular formula is C15H25N3O. The number of nitrogens with zero attached hydrogens (tertiary/aromatic N) is 3. The normalized spacial score (nSPS) is 32.8. The molecule has 3 rings (SSSR count). The van der Waals surface area contributed by atoms with E-state index in [1.54, 1.807) is 0 Å². The van der Waals surface area contributed by atoms with Crippen LogP contribution in [0.15, 0.2) is 12.4 Å². The van der Waals surface area contributed by atoms with E-state index in [9.17, 15) is 5.11 Å². The van der Waals surface area contributed by atoms with Gasteiger partial charge < -0.3 is 9.67 Å². The SMILES string of the molecule is Cn1ccnc1CN1CCCC1C1CCCCC1O. The monoisotopic (exact) mass is 263 g/mol.